The van der Waals surface area contributed by atoms with Crippen molar-refractivity contribution in [2.24, 2.45) is 0 Å². The zero-order chi connectivity index (χ0) is 21.3. The number of fused-ring (bicyclic) bond motifs is 1. The van der Waals surface area contributed by atoms with Crippen molar-refractivity contribution >= 4 is 40.2 Å². The van der Waals surface area contributed by atoms with E-state index in [4.69, 9.17) is 16.3 Å². The van der Waals surface area contributed by atoms with E-state index in [0.717, 1.165) is 48.3 Å². The SMILES string of the molecule is CCCCCCCC(Sc1nc(Cl)cc(Oc2ccc3ncccc3c2)n1)C(=O)O. The third-order valence-electron chi connectivity index (χ3n) is 4.54. The molecular weight excluding hydrogens is 422 g/mol. The zero-order valence-electron chi connectivity index (χ0n) is 16.8. The minimum atomic E-state index is -0.872. The summed E-state index contributed by atoms with van der Waals surface area (Å²) in [4.78, 5) is 24.5. The van der Waals surface area contributed by atoms with Crippen LogP contribution >= 0.6 is 23.4 Å². The van der Waals surface area contributed by atoms with Gasteiger partial charge in [0.15, 0.2) is 5.16 Å². The predicted molar refractivity (Wildman–Crippen MR) is 120 cm³/mol. The van der Waals surface area contributed by atoms with Crippen molar-refractivity contribution in [3.8, 4) is 11.6 Å². The lowest BCUT2D eigenvalue weighted by molar-refractivity contribution is -0.136. The third kappa shape index (κ3) is 6.57. The largest absolute Gasteiger partial charge is 0.480 e. The first-order valence-electron chi connectivity index (χ1n) is 10.0. The standard InChI is InChI=1S/C22H24ClN3O3S/c1-2-3-4-5-6-9-18(21(27)28)30-22-25-19(23)14-20(26-22)29-16-10-11-17-15(13-16)8-7-12-24-17/h7-8,10-14,18H,2-6,9H2,1H3,(H,27,28). The van der Waals surface area contributed by atoms with Gasteiger partial charge in [-0.15, -0.1) is 0 Å². The molecule has 1 aromatic carbocycles. The highest BCUT2D eigenvalue weighted by atomic mass is 35.5. The van der Waals surface area contributed by atoms with Crippen molar-refractivity contribution in [2.75, 3.05) is 0 Å². The first-order valence-corrected chi connectivity index (χ1v) is 11.3. The van der Waals surface area contributed by atoms with E-state index in [9.17, 15) is 9.90 Å². The zero-order valence-corrected chi connectivity index (χ0v) is 18.3. The molecule has 158 valence electrons. The van der Waals surface area contributed by atoms with Gasteiger partial charge in [-0.2, -0.15) is 4.98 Å². The van der Waals surface area contributed by atoms with Crippen LogP contribution in [0.5, 0.6) is 11.6 Å². The second-order valence-electron chi connectivity index (χ2n) is 6.92. The highest BCUT2D eigenvalue weighted by Gasteiger charge is 2.21. The molecule has 0 radical (unpaired) electrons. The number of carbonyl (C=O) groups is 1. The maximum Gasteiger partial charge on any atom is 0.317 e. The number of ether oxygens (including phenoxy) is 1. The monoisotopic (exact) mass is 445 g/mol. The van der Waals surface area contributed by atoms with Gasteiger partial charge in [0.1, 0.15) is 16.2 Å². The minimum Gasteiger partial charge on any atom is -0.480 e. The van der Waals surface area contributed by atoms with Gasteiger partial charge in [0.2, 0.25) is 5.88 Å². The van der Waals surface area contributed by atoms with E-state index < -0.39 is 11.2 Å². The van der Waals surface area contributed by atoms with Crippen LogP contribution in [0.15, 0.2) is 47.8 Å². The van der Waals surface area contributed by atoms with Crippen molar-refractivity contribution in [2.45, 2.75) is 55.9 Å². The molecule has 0 saturated carbocycles. The molecule has 0 saturated heterocycles. The highest BCUT2D eigenvalue weighted by molar-refractivity contribution is 8.00. The van der Waals surface area contributed by atoms with Gasteiger partial charge in [-0.1, -0.05) is 68.5 Å². The molecule has 0 fully saturated rings. The van der Waals surface area contributed by atoms with Gasteiger partial charge < -0.3 is 9.84 Å². The number of carboxylic acids is 1. The summed E-state index contributed by atoms with van der Waals surface area (Å²) in [6.45, 7) is 2.15. The molecule has 0 bridgehead atoms. The van der Waals surface area contributed by atoms with Crippen LogP contribution < -0.4 is 4.74 Å². The predicted octanol–water partition coefficient (Wildman–Crippen LogP) is 6.38. The number of halogens is 1. The molecule has 3 aromatic rings. The first kappa shape index (κ1) is 22.3. The summed E-state index contributed by atoms with van der Waals surface area (Å²) in [5.74, 6) is -0.0108. The molecular formula is C22H24ClN3O3S. The van der Waals surface area contributed by atoms with E-state index in [1.807, 2.05) is 24.3 Å². The summed E-state index contributed by atoms with van der Waals surface area (Å²) < 4.78 is 5.85. The number of nitrogens with zero attached hydrogens (tertiary/aromatic N) is 3. The molecule has 30 heavy (non-hydrogen) atoms. The number of benzene rings is 1. The van der Waals surface area contributed by atoms with E-state index in [1.54, 1.807) is 12.3 Å². The van der Waals surface area contributed by atoms with Crippen LogP contribution in [0, 0.1) is 0 Å². The van der Waals surface area contributed by atoms with Crippen LogP contribution in [0.25, 0.3) is 10.9 Å². The van der Waals surface area contributed by atoms with Gasteiger partial charge in [-0.25, -0.2) is 4.98 Å². The molecule has 0 aliphatic rings. The van der Waals surface area contributed by atoms with E-state index in [-0.39, 0.29) is 11.0 Å². The van der Waals surface area contributed by atoms with Crippen LogP contribution in [0.3, 0.4) is 0 Å². The number of hydrogen-bond donors (Lipinski definition) is 1. The molecule has 2 heterocycles. The lowest BCUT2D eigenvalue weighted by Gasteiger charge is -2.12. The molecule has 0 aliphatic carbocycles. The number of pyridine rings is 1. The minimum absolute atomic E-state index is 0.206. The van der Waals surface area contributed by atoms with Gasteiger partial charge >= 0.3 is 5.97 Å². The lowest BCUT2D eigenvalue weighted by atomic mass is 10.1. The quantitative estimate of drug-likeness (QED) is 0.159. The molecule has 1 N–H and O–H groups in total. The number of hydrogen-bond acceptors (Lipinski definition) is 6. The Hall–Kier alpha value is -2.38. The maximum absolute atomic E-state index is 11.7. The number of aromatic nitrogens is 3. The average molecular weight is 446 g/mol. The Kier molecular flexibility index (Phi) is 8.28. The Morgan fingerprint density at radius 2 is 2.00 bits per heavy atom. The molecule has 8 heteroatoms. The first-order chi connectivity index (χ1) is 14.5. The highest BCUT2D eigenvalue weighted by Crippen LogP contribution is 2.30. The van der Waals surface area contributed by atoms with Gasteiger partial charge in [-0.3, -0.25) is 9.78 Å². The number of aliphatic carboxylic acids is 1. The smallest absolute Gasteiger partial charge is 0.317 e. The van der Waals surface area contributed by atoms with Gasteiger partial charge in [0, 0.05) is 17.6 Å². The summed E-state index contributed by atoms with van der Waals surface area (Å²) >= 11 is 7.24. The molecule has 2 aromatic heterocycles. The van der Waals surface area contributed by atoms with Crippen LogP contribution in [0.1, 0.15) is 45.4 Å². The fourth-order valence-corrected chi connectivity index (χ4v) is 4.17. The van der Waals surface area contributed by atoms with E-state index in [0.29, 0.717) is 17.3 Å². The summed E-state index contributed by atoms with van der Waals surface area (Å²) in [5, 5.41) is 10.4. The topological polar surface area (TPSA) is 85.2 Å². The fraction of sp³-hybridized carbons (Fsp3) is 0.364. The Morgan fingerprint density at radius 1 is 1.17 bits per heavy atom. The molecule has 3 rings (SSSR count). The fourth-order valence-electron chi connectivity index (χ4n) is 3.01. The Balaban J connectivity index is 1.69. The molecule has 6 nitrogen and oxygen atoms in total. The molecule has 0 spiro atoms. The van der Waals surface area contributed by atoms with Crippen molar-refractivity contribution in [1.82, 2.24) is 15.0 Å². The van der Waals surface area contributed by atoms with Crippen LogP contribution in [0.2, 0.25) is 5.15 Å². The Labute approximate surface area is 185 Å². The van der Waals surface area contributed by atoms with Gasteiger partial charge in [-0.05, 0) is 30.7 Å². The Morgan fingerprint density at radius 3 is 2.80 bits per heavy atom. The number of carboxylic acid groups (broad SMARTS) is 1. The van der Waals surface area contributed by atoms with Crippen LogP contribution in [-0.4, -0.2) is 31.3 Å². The molecule has 0 amide bonds. The van der Waals surface area contributed by atoms with Crippen molar-refractivity contribution in [1.29, 1.82) is 0 Å². The summed E-state index contributed by atoms with van der Waals surface area (Å²) in [5.41, 5.74) is 0.866. The number of rotatable bonds is 11. The maximum atomic E-state index is 11.7. The van der Waals surface area contributed by atoms with Crippen molar-refractivity contribution in [3.63, 3.8) is 0 Å². The molecule has 1 unspecified atom stereocenters. The summed E-state index contributed by atoms with van der Waals surface area (Å²) in [6.07, 6.45) is 7.64. The number of thioether (sulfide) groups is 1. The van der Waals surface area contributed by atoms with E-state index in [2.05, 4.69) is 21.9 Å². The van der Waals surface area contributed by atoms with E-state index in [1.165, 1.54) is 12.5 Å². The Bertz CT molecular complexity index is 1000. The van der Waals surface area contributed by atoms with Crippen LogP contribution in [0.4, 0.5) is 0 Å². The van der Waals surface area contributed by atoms with Crippen LogP contribution in [-0.2, 0) is 4.79 Å². The van der Waals surface area contributed by atoms with Gasteiger partial charge in [0.25, 0.3) is 0 Å². The second-order valence-corrected chi connectivity index (χ2v) is 8.48. The van der Waals surface area contributed by atoms with Crippen molar-refractivity contribution < 1.29 is 14.6 Å². The lowest BCUT2D eigenvalue weighted by Crippen LogP contribution is -2.16. The normalized spacial score (nSPS) is 12.1. The second kappa shape index (κ2) is 11.1. The van der Waals surface area contributed by atoms with Gasteiger partial charge in [0.05, 0.1) is 5.52 Å². The molecule has 1 atom stereocenters. The van der Waals surface area contributed by atoms with E-state index >= 15 is 0 Å². The third-order valence-corrected chi connectivity index (χ3v) is 5.85. The average Bonchev–Trinajstić information content (AvgIpc) is 2.72. The summed E-state index contributed by atoms with van der Waals surface area (Å²) in [7, 11) is 0. The number of unbranched alkanes of at least 4 members (excludes halogenated alkanes) is 4. The van der Waals surface area contributed by atoms with Crippen molar-refractivity contribution in [3.05, 3.63) is 47.7 Å². The molecule has 0 aliphatic heterocycles. The summed E-state index contributed by atoms with van der Waals surface area (Å²) in [6, 6.07) is 10.8.